The van der Waals surface area contributed by atoms with Crippen LogP contribution < -0.4 is 10.6 Å². The predicted octanol–water partition coefficient (Wildman–Crippen LogP) is 4.40. The molecule has 1 aliphatic heterocycles. The van der Waals surface area contributed by atoms with Gasteiger partial charge in [0, 0.05) is 56.4 Å². The average molecular weight is 528 g/mol. The summed E-state index contributed by atoms with van der Waals surface area (Å²) in [5.41, 5.74) is 1.08. The minimum absolute atomic E-state index is 0.123. The van der Waals surface area contributed by atoms with Crippen molar-refractivity contribution in [2.75, 3.05) is 30.9 Å². The number of anilines is 3. The SMILES string of the molecule is COCCNc1cc(Nc2ccnn2-c2ccc(-c3cnn(C)c3)c(C3OC=CO3)n2)ncc1C(F)(F)F. The normalized spacial score (nSPS) is 13.4. The first kappa shape index (κ1) is 25.1. The molecule has 0 aliphatic carbocycles. The van der Waals surface area contributed by atoms with Crippen LogP contribution in [0.4, 0.5) is 30.5 Å². The van der Waals surface area contributed by atoms with Gasteiger partial charge in [-0.2, -0.15) is 28.1 Å². The third kappa shape index (κ3) is 5.25. The molecule has 0 bridgehead atoms. The lowest BCUT2D eigenvalue weighted by Crippen LogP contribution is -2.15. The topological polar surface area (TPSA) is 113 Å². The number of aryl methyl sites for hydroxylation is 1. The molecule has 0 unspecified atom stereocenters. The van der Waals surface area contributed by atoms with Crippen molar-refractivity contribution >= 4 is 17.3 Å². The molecule has 2 N–H and O–H groups in total. The zero-order chi connectivity index (χ0) is 26.7. The second kappa shape index (κ2) is 10.4. The molecule has 1 aliphatic rings. The summed E-state index contributed by atoms with van der Waals surface area (Å²) in [6.07, 6.45) is 3.38. The van der Waals surface area contributed by atoms with E-state index in [1.165, 1.54) is 36.6 Å². The first-order valence-electron chi connectivity index (χ1n) is 11.4. The lowest BCUT2D eigenvalue weighted by atomic mass is 10.1. The van der Waals surface area contributed by atoms with Crippen molar-refractivity contribution < 1.29 is 27.4 Å². The summed E-state index contributed by atoms with van der Waals surface area (Å²) in [7, 11) is 3.28. The number of hydrogen-bond donors (Lipinski definition) is 2. The Balaban J connectivity index is 1.47. The van der Waals surface area contributed by atoms with Gasteiger partial charge in [0.2, 0.25) is 0 Å². The summed E-state index contributed by atoms with van der Waals surface area (Å²) in [5.74, 6) is 1.03. The summed E-state index contributed by atoms with van der Waals surface area (Å²) < 4.78 is 59.7. The number of pyridine rings is 2. The molecule has 0 radical (unpaired) electrons. The highest BCUT2D eigenvalue weighted by molar-refractivity contribution is 5.67. The molecule has 0 saturated heterocycles. The molecule has 5 heterocycles. The van der Waals surface area contributed by atoms with E-state index in [1.807, 2.05) is 19.3 Å². The van der Waals surface area contributed by atoms with E-state index in [9.17, 15) is 13.2 Å². The molecule has 11 nitrogen and oxygen atoms in total. The number of nitrogens with zero attached hydrogens (tertiary/aromatic N) is 6. The summed E-state index contributed by atoms with van der Waals surface area (Å²) in [4.78, 5) is 8.70. The number of aromatic nitrogens is 6. The Labute approximate surface area is 214 Å². The predicted molar refractivity (Wildman–Crippen MR) is 130 cm³/mol. The van der Waals surface area contributed by atoms with Crippen molar-refractivity contribution in [3.8, 4) is 16.9 Å². The standard InChI is InChI=1S/C24H23F3N8O3/c1-34-14-15(12-31-34)16-3-4-20(33-22(16)23-37-9-10-38-23)35-21(5-6-30-35)32-19-11-18(28-7-8-36-2)17(13-29-19)24(25,26)27/h3-6,9-14,23H,7-8H2,1-2H3,(H2,28,29,32). The fourth-order valence-electron chi connectivity index (χ4n) is 3.83. The van der Waals surface area contributed by atoms with E-state index in [1.54, 1.807) is 23.0 Å². The van der Waals surface area contributed by atoms with E-state index in [4.69, 9.17) is 19.2 Å². The Morgan fingerprint density at radius 2 is 1.92 bits per heavy atom. The van der Waals surface area contributed by atoms with E-state index < -0.39 is 18.0 Å². The molecule has 0 aromatic carbocycles. The first-order valence-corrected chi connectivity index (χ1v) is 11.4. The van der Waals surface area contributed by atoms with Gasteiger partial charge < -0.3 is 24.8 Å². The van der Waals surface area contributed by atoms with Crippen LogP contribution in [0, 0.1) is 0 Å². The van der Waals surface area contributed by atoms with Crippen molar-refractivity contribution in [3.05, 3.63) is 72.8 Å². The highest BCUT2D eigenvalue weighted by atomic mass is 19.4. The molecule has 0 spiro atoms. The van der Waals surface area contributed by atoms with E-state index in [-0.39, 0.29) is 24.7 Å². The van der Waals surface area contributed by atoms with Gasteiger partial charge >= 0.3 is 6.18 Å². The number of methoxy groups -OCH3 is 1. The van der Waals surface area contributed by atoms with Crippen LogP contribution in [0.1, 0.15) is 17.5 Å². The first-order chi connectivity index (χ1) is 18.3. The highest BCUT2D eigenvalue weighted by Gasteiger charge is 2.34. The summed E-state index contributed by atoms with van der Waals surface area (Å²) in [6, 6.07) is 6.54. The smallest absolute Gasteiger partial charge is 0.419 e. The molecule has 5 rings (SSSR count). The van der Waals surface area contributed by atoms with Crippen molar-refractivity contribution in [1.82, 2.24) is 29.5 Å². The van der Waals surface area contributed by atoms with Crippen LogP contribution in [0.5, 0.6) is 0 Å². The van der Waals surface area contributed by atoms with Gasteiger partial charge in [0.15, 0.2) is 5.82 Å². The Morgan fingerprint density at radius 3 is 2.63 bits per heavy atom. The van der Waals surface area contributed by atoms with Crippen LogP contribution >= 0.6 is 0 Å². The second-order valence-corrected chi connectivity index (χ2v) is 8.17. The monoisotopic (exact) mass is 528 g/mol. The quantitative estimate of drug-likeness (QED) is 0.305. The van der Waals surface area contributed by atoms with Crippen molar-refractivity contribution in [1.29, 1.82) is 0 Å². The summed E-state index contributed by atoms with van der Waals surface area (Å²) in [5, 5.41) is 14.3. The number of hydrogen-bond acceptors (Lipinski definition) is 9. The molecule has 0 amide bonds. The molecule has 38 heavy (non-hydrogen) atoms. The lowest BCUT2D eigenvalue weighted by molar-refractivity contribution is -0.137. The van der Waals surface area contributed by atoms with E-state index in [0.29, 0.717) is 17.3 Å². The average Bonchev–Trinajstić information content (AvgIpc) is 3.66. The van der Waals surface area contributed by atoms with Gasteiger partial charge in [-0.3, -0.25) is 4.68 Å². The molecule has 0 saturated carbocycles. The zero-order valence-corrected chi connectivity index (χ0v) is 20.3. The van der Waals surface area contributed by atoms with Crippen molar-refractivity contribution in [2.24, 2.45) is 7.05 Å². The van der Waals surface area contributed by atoms with Gasteiger partial charge in [-0.15, -0.1) is 0 Å². The summed E-state index contributed by atoms with van der Waals surface area (Å²) >= 11 is 0. The molecule has 4 aromatic rings. The molecule has 0 fully saturated rings. The molecular weight excluding hydrogens is 505 g/mol. The minimum atomic E-state index is -4.57. The van der Waals surface area contributed by atoms with E-state index in [0.717, 1.165) is 17.3 Å². The maximum atomic E-state index is 13.5. The van der Waals surface area contributed by atoms with Gasteiger partial charge in [0.25, 0.3) is 6.29 Å². The fourth-order valence-corrected chi connectivity index (χ4v) is 3.83. The fraction of sp³-hybridized carbons (Fsp3) is 0.250. The van der Waals surface area contributed by atoms with Crippen LogP contribution in [0.15, 0.2) is 61.6 Å². The van der Waals surface area contributed by atoms with Gasteiger partial charge in [0.05, 0.1) is 30.3 Å². The molecule has 0 atom stereocenters. The van der Waals surface area contributed by atoms with Crippen LogP contribution in [0.25, 0.3) is 16.9 Å². The Hall–Kier alpha value is -4.59. The van der Waals surface area contributed by atoms with Gasteiger partial charge in [-0.05, 0) is 12.1 Å². The van der Waals surface area contributed by atoms with Gasteiger partial charge in [-0.1, -0.05) is 0 Å². The summed E-state index contributed by atoms with van der Waals surface area (Å²) in [6.45, 7) is 0.430. The van der Waals surface area contributed by atoms with Crippen LogP contribution in [0.2, 0.25) is 0 Å². The maximum absolute atomic E-state index is 13.5. The zero-order valence-electron chi connectivity index (χ0n) is 20.3. The number of halogens is 3. The minimum Gasteiger partial charge on any atom is -0.454 e. The third-order valence-electron chi connectivity index (χ3n) is 5.56. The second-order valence-electron chi connectivity index (χ2n) is 8.17. The lowest BCUT2D eigenvalue weighted by Gasteiger charge is -2.17. The van der Waals surface area contributed by atoms with E-state index in [2.05, 4.69) is 25.8 Å². The largest absolute Gasteiger partial charge is 0.454 e. The van der Waals surface area contributed by atoms with Crippen LogP contribution in [-0.2, 0) is 27.4 Å². The van der Waals surface area contributed by atoms with Crippen LogP contribution in [-0.4, -0.2) is 49.8 Å². The van der Waals surface area contributed by atoms with Gasteiger partial charge in [0.1, 0.15) is 29.9 Å². The molecular formula is C24H23F3N8O3. The number of ether oxygens (including phenoxy) is 3. The Morgan fingerprint density at radius 1 is 1.11 bits per heavy atom. The van der Waals surface area contributed by atoms with Crippen LogP contribution in [0.3, 0.4) is 0 Å². The molecule has 14 heteroatoms. The number of nitrogens with one attached hydrogen (secondary N) is 2. The maximum Gasteiger partial charge on any atom is 0.419 e. The third-order valence-corrected chi connectivity index (χ3v) is 5.56. The Bertz CT molecular complexity index is 1440. The van der Waals surface area contributed by atoms with Crippen molar-refractivity contribution in [2.45, 2.75) is 12.5 Å². The van der Waals surface area contributed by atoms with E-state index >= 15 is 0 Å². The highest BCUT2D eigenvalue weighted by Crippen LogP contribution is 2.36. The van der Waals surface area contributed by atoms with Gasteiger partial charge in [-0.25, -0.2) is 9.97 Å². The molecule has 4 aromatic heterocycles. The molecule has 198 valence electrons. The Kier molecular flexibility index (Phi) is 6.87. The van der Waals surface area contributed by atoms with Crippen molar-refractivity contribution in [3.63, 3.8) is 0 Å². The number of rotatable bonds is 9. The number of alkyl halides is 3.